The summed E-state index contributed by atoms with van der Waals surface area (Å²) in [5.74, 6) is 0.716. The first-order valence-corrected chi connectivity index (χ1v) is 6.05. The summed E-state index contributed by atoms with van der Waals surface area (Å²) in [5, 5.41) is 13.8. The number of benzene rings is 1. The third-order valence-corrected chi connectivity index (χ3v) is 3.66. The van der Waals surface area contributed by atoms with E-state index in [1.165, 1.54) is 16.0 Å². The highest BCUT2D eigenvalue weighted by Crippen LogP contribution is 2.32. The number of nitrogens with one attached hydrogen (secondary N) is 1. The zero-order valence-electron chi connectivity index (χ0n) is 9.21. The first-order valence-electron chi connectivity index (χ1n) is 5.24. The van der Waals surface area contributed by atoms with Crippen LogP contribution in [-0.4, -0.2) is 20.6 Å². The molecule has 0 saturated carbocycles. The molecular weight excluding hydrogens is 232 g/mol. The number of aryl methyl sites for hydroxylation is 1. The number of tetrazole rings is 1. The van der Waals surface area contributed by atoms with Gasteiger partial charge < -0.3 is 0 Å². The summed E-state index contributed by atoms with van der Waals surface area (Å²) in [5.41, 5.74) is 2.49. The summed E-state index contributed by atoms with van der Waals surface area (Å²) in [6, 6.07) is 12.6. The van der Waals surface area contributed by atoms with Gasteiger partial charge in [-0.15, -0.1) is 16.4 Å². The lowest BCUT2D eigenvalue weighted by molar-refractivity contribution is 0.881. The molecule has 2 aromatic heterocycles. The molecule has 0 spiro atoms. The highest BCUT2D eigenvalue weighted by Gasteiger charge is 2.07. The Morgan fingerprint density at radius 2 is 1.76 bits per heavy atom. The molecule has 0 saturated heterocycles. The Morgan fingerprint density at radius 3 is 2.47 bits per heavy atom. The van der Waals surface area contributed by atoms with Crippen molar-refractivity contribution in [1.82, 2.24) is 20.6 Å². The minimum Gasteiger partial charge on any atom is -0.238 e. The standard InChI is InChI=1S/C12H10N4S/c1-8-2-4-9(5-3-8)10-6-7-11(17-10)12-13-15-16-14-12/h2-7H,1H3,(H,13,14,15,16). The molecule has 84 valence electrons. The Kier molecular flexibility index (Phi) is 2.45. The number of rotatable bonds is 2. The lowest BCUT2D eigenvalue weighted by Gasteiger charge is -1.97. The van der Waals surface area contributed by atoms with Crippen molar-refractivity contribution in [3.8, 4) is 21.1 Å². The largest absolute Gasteiger partial charge is 0.238 e. The van der Waals surface area contributed by atoms with Crippen LogP contribution in [0.2, 0.25) is 0 Å². The Bertz CT molecular complexity index is 610. The smallest absolute Gasteiger partial charge is 0.189 e. The molecule has 3 rings (SSSR count). The molecule has 3 aromatic rings. The van der Waals surface area contributed by atoms with Crippen molar-refractivity contribution in [3.05, 3.63) is 42.0 Å². The maximum atomic E-state index is 3.90. The van der Waals surface area contributed by atoms with Gasteiger partial charge in [-0.3, -0.25) is 0 Å². The summed E-state index contributed by atoms with van der Waals surface area (Å²) < 4.78 is 0. The Morgan fingerprint density at radius 1 is 1.00 bits per heavy atom. The van der Waals surface area contributed by atoms with Crippen molar-refractivity contribution in [2.45, 2.75) is 6.92 Å². The fourth-order valence-corrected chi connectivity index (χ4v) is 2.55. The number of hydrogen-bond donors (Lipinski definition) is 1. The minimum atomic E-state index is 0.716. The van der Waals surface area contributed by atoms with E-state index in [4.69, 9.17) is 0 Å². The van der Waals surface area contributed by atoms with Crippen LogP contribution >= 0.6 is 11.3 Å². The lowest BCUT2D eigenvalue weighted by Crippen LogP contribution is -1.74. The van der Waals surface area contributed by atoms with Crippen LogP contribution in [0.15, 0.2) is 36.4 Å². The number of thiophene rings is 1. The Hall–Kier alpha value is -2.01. The van der Waals surface area contributed by atoms with Crippen LogP contribution in [0.3, 0.4) is 0 Å². The number of H-pyrrole nitrogens is 1. The first kappa shape index (κ1) is 10.2. The van der Waals surface area contributed by atoms with Gasteiger partial charge in [-0.25, -0.2) is 5.10 Å². The van der Waals surface area contributed by atoms with E-state index >= 15 is 0 Å². The first-order chi connectivity index (χ1) is 8.33. The second kappa shape index (κ2) is 4.10. The lowest BCUT2D eigenvalue weighted by atomic mass is 10.1. The van der Waals surface area contributed by atoms with Gasteiger partial charge in [-0.05, 0) is 35.0 Å². The molecule has 0 fully saturated rings. The third kappa shape index (κ3) is 1.97. The fraction of sp³-hybridized carbons (Fsp3) is 0.0833. The molecule has 5 heteroatoms. The van der Waals surface area contributed by atoms with E-state index in [0.29, 0.717) is 5.82 Å². The number of aromatic amines is 1. The van der Waals surface area contributed by atoms with Gasteiger partial charge in [0.15, 0.2) is 5.82 Å². The molecule has 2 heterocycles. The third-order valence-electron chi connectivity index (χ3n) is 2.52. The molecule has 0 amide bonds. The van der Waals surface area contributed by atoms with E-state index in [-0.39, 0.29) is 0 Å². The van der Waals surface area contributed by atoms with Crippen LogP contribution in [-0.2, 0) is 0 Å². The van der Waals surface area contributed by atoms with Gasteiger partial charge in [-0.1, -0.05) is 29.8 Å². The molecule has 1 N–H and O–H groups in total. The quantitative estimate of drug-likeness (QED) is 0.751. The van der Waals surface area contributed by atoms with Gasteiger partial charge in [0.1, 0.15) is 0 Å². The average molecular weight is 242 g/mol. The van der Waals surface area contributed by atoms with Crippen molar-refractivity contribution < 1.29 is 0 Å². The highest BCUT2D eigenvalue weighted by molar-refractivity contribution is 7.18. The average Bonchev–Trinajstić information content (AvgIpc) is 3.00. The Labute approximate surface area is 102 Å². The van der Waals surface area contributed by atoms with E-state index in [1.54, 1.807) is 11.3 Å². The molecule has 0 bridgehead atoms. The van der Waals surface area contributed by atoms with Crippen LogP contribution < -0.4 is 0 Å². The van der Waals surface area contributed by atoms with Crippen LogP contribution in [0.5, 0.6) is 0 Å². The summed E-state index contributed by atoms with van der Waals surface area (Å²) in [6.45, 7) is 2.09. The summed E-state index contributed by atoms with van der Waals surface area (Å²) in [7, 11) is 0. The van der Waals surface area contributed by atoms with Crippen molar-refractivity contribution in [1.29, 1.82) is 0 Å². The number of nitrogens with zero attached hydrogens (tertiary/aromatic N) is 3. The maximum absolute atomic E-state index is 3.90. The highest BCUT2D eigenvalue weighted by atomic mass is 32.1. The molecule has 0 aliphatic heterocycles. The monoisotopic (exact) mass is 242 g/mol. The van der Waals surface area contributed by atoms with Crippen molar-refractivity contribution in [3.63, 3.8) is 0 Å². The molecule has 0 atom stereocenters. The van der Waals surface area contributed by atoms with E-state index in [1.807, 2.05) is 6.07 Å². The van der Waals surface area contributed by atoms with Gasteiger partial charge in [0.05, 0.1) is 4.88 Å². The topological polar surface area (TPSA) is 54.5 Å². The molecule has 0 aliphatic carbocycles. The number of hydrogen-bond acceptors (Lipinski definition) is 4. The van der Waals surface area contributed by atoms with Crippen LogP contribution in [0.25, 0.3) is 21.1 Å². The molecule has 0 radical (unpaired) electrons. The summed E-state index contributed by atoms with van der Waals surface area (Å²) >= 11 is 1.68. The Balaban J connectivity index is 1.98. The van der Waals surface area contributed by atoms with E-state index in [9.17, 15) is 0 Å². The van der Waals surface area contributed by atoms with Gasteiger partial charge in [0, 0.05) is 4.88 Å². The SMILES string of the molecule is Cc1ccc(-c2ccc(-c3nnn[nH]3)s2)cc1. The molecule has 0 aliphatic rings. The molecule has 17 heavy (non-hydrogen) atoms. The van der Waals surface area contributed by atoms with Crippen LogP contribution in [0, 0.1) is 6.92 Å². The zero-order chi connectivity index (χ0) is 11.7. The molecule has 4 nitrogen and oxygen atoms in total. The number of aromatic nitrogens is 4. The van der Waals surface area contributed by atoms with Crippen molar-refractivity contribution in [2.24, 2.45) is 0 Å². The second-order valence-corrected chi connectivity index (χ2v) is 4.86. The molecular formula is C12H10N4S. The second-order valence-electron chi connectivity index (χ2n) is 3.78. The van der Waals surface area contributed by atoms with Crippen LogP contribution in [0.1, 0.15) is 5.56 Å². The predicted molar refractivity (Wildman–Crippen MR) is 67.7 cm³/mol. The minimum absolute atomic E-state index is 0.716. The van der Waals surface area contributed by atoms with Gasteiger partial charge in [0.25, 0.3) is 0 Å². The van der Waals surface area contributed by atoms with Gasteiger partial charge in [0.2, 0.25) is 0 Å². The van der Waals surface area contributed by atoms with Crippen molar-refractivity contribution in [2.75, 3.05) is 0 Å². The van der Waals surface area contributed by atoms with Gasteiger partial charge in [-0.2, -0.15) is 0 Å². The summed E-state index contributed by atoms with van der Waals surface area (Å²) in [6.07, 6.45) is 0. The van der Waals surface area contributed by atoms with E-state index in [0.717, 1.165) is 4.88 Å². The van der Waals surface area contributed by atoms with E-state index < -0.39 is 0 Å². The zero-order valence-corrected chi connectivity index (χ0v) is 10.0. The van der Waals surface area contributed by atoms with Crippen molar-refractivity contribution >= 4 is 11.3 Å². The van der Waals surface area contributed by atoms with Gasteiger partial charge >= 0.3 is 0 Å². The van der Waals surface area contributed by atoms with E-state index in [2.05, 4.69) is 57.9 Å². The molecule has 0 unspecified atom stereocenters. The fourth-order valence-electron chi connectivity index (χ4n) is 1.60. The maximum Gasteiger partial charge on any atom is 0.189 e. The predicted octanol–water partition coefficient (Wildman–Crippen LogP) is 2.90. The van der Waals surface area contributed by atoms with Crippen LogP contribution in [0.4, 0.5) is 0 Å². The summed E-state index contributed by atoms with van der Waals surface area (Å²) in [4.78, 5) is 2.27. The molecule has 1 aromatic carbocycles. The normalized spacial score (nSPS) is 10.6.